The third kappa shape index (κ3) is 2.43. The summed E-state index contributed by atoms with van der Waals surface area (Å²) in [5.41, 5.74) is 0.433. The Bertz CT molecular complexity index is 509. The van der Waals surface area contributed by atoms with Crippen molar-refractivity contribution in [2.45, 2.75) is 6.54 Å². The van der Waals surface area contributed by atoms with Crippen LogP contribution in [0.2, 0.25) is 10.0 Å². The summed E-state index contributed by atoms with van der Waals surface area (Å²) in [6.45, 7) is 0.208. The van der Waals surface area contributed by atoms with E-state index in [-0.39, 0.29) is 12.3 Å². The van der Waals surface area contributed by atoms with E-state index in [1.165, 1.54) is 0 Å². The molecule has 16 heavy (non-hydrogen) atoms. The van der Waals surface area contributed by atoms with Crippen molar-refractivity contribution in [3.63, 3.8) is 0 Å². The first-order valence-corrected chi connectivity index (χ1v) is 5.36. The van der Waals surface area contributed by atoms with Gasteiger partial charge in [0.2, 0.25) is 0 Å². The molecule has 0 aliphatic rings. The Morgan fingerprint density at radius 3 is 2.88 bits per heavy atom. The molecule has 2 rings (SSSR count). The summed E-state index contributed by atoms with van der Waals surface area (Å²) in [6, 6.07) is 4.84. The quantitative estimate of drug-likeness (QED) is 0.790. The molecule has 1 aromatic heterocycles. The number of imidazole rings is 1. The maximum Gasteiger partial charge on any atom is 0.184 e. The third-order valence-corrected chi connectivity index (χ3v) is 2.68. The van der Waals surface area contributed by atoms with Crippen LogP contribution >= 0.6 is 23.2 Å². The SMILES string of the molecule is O=C(Cn1ccnc1)c1cc(Cl)ccc1Cl. The molecule has 0 unspecified atom stereocenters. The zero-order valence-electron chi connectivity index (χ0n) is 8.23. The van der Waals surface area contributed by atoms with Gasteiger partial charge in [0.15, 0.2) is 5.78 Å². The van der Waals surface area contributed by atoms with Crippen LogP contribution < -0.4 is 0 Å². The first kappa shape index (κ1) is 11.2. The van der Waals surface area contributed by atoms with Crippen LogP contribution in [-0.4, -0.2) is 15.3 Å². The maximum absolute atomic E-state index is 11.9. The lowest BCUT2D eigenvalue weighted by atomic mass is 10.1. The second-order valence-corrected chi connectivity index (χ2v) is 4.13. The van der Waals surface area contributed by atoms with Gasteiger partial charge in [-0.25, -0.2) is 4.98 Å². The van der Waals surface area contributed by atoms with E-state index < -0.39 is 0 Å². The third-order valence-electron chi connectivity index (χ3n) is 2.11. The molecule has 1 aromatic carbocycles. The first-order valence-electron chi connectivity index (χ1n) is 4.61. The summed E-state index contributed by atoms with van der Waals surface area (Å²) >= 11 is 11.7. The van der Waals surface area contributed by atoms with E-state index in [0.717, 1.165) is 0 Å². The molecule has 0 atom stereocenters. The van der Waals surface area contributed by atoms with E-state index in [1.54, 1.807) is 41.5 Å². The van der Waals surface area contributed by atoms with Crippen LogP contribution in [0.4, 0.5) is 0 Å². The number of carbonyl (C=O) groups is 1. The predicted octanol–water partition coefficient (Wildman–Crippen LogP) is 3.07. The summed E-state index contributed by atoms with van der Waals surface area (Å²) in [4.78, 5) is 15.8. The molecule has 0 amide bonds. The van der Waals surface area contributed by atoms with Gasteiger partial charge in [0, 0.05) is 23.0 Å². The van der Waals surface area contributed by atoms with Gasteiger partial charge >= 0.3 is 0 Å². The van der Waals surface area contributed by atoms with Gasteiger partial charge in [-0.3, -0.25) is 4.79 Å². The van der Waals surface area contributed by atoms with Gasteiger partial charge in [0.25, 0.3) is 0 Å². The molecule has 0 saturated heterocycles. The van der Waals surface area contributed by atoms with Crippen LogP contribution in [-0.2, 0) is 6.54 Å². The van der Waals surface area contributed by atoms with Gasteiger partial charge in [0.05, 0.1) is 17.9 Å². The zero-order valence-corrected chi connectivity index (χ0v) is 9.74. The average Bonchev–Trinajstić information content (AvgIpc) is 2.74. The second kappa shape index (κ2) is 4.68. The fourth-order valence-corrected chi connectivity index (χ4v) is 1.74. The van der Waals surface area contributed by atoms with Gasteiger partial charge < -0.3 is 4.57 Å². The van der Waals surface area contributed by atoms with Crippen LogP contribution in [0.5, 0.6) is 0 Å². The highest BCUT2D eigenvalue weighted by atomic mass is 35.5. The smallest absolute Gasteiger partial charge is 0.184 e. The molecular weight excluding hydrogens is 247 g/mol. The number of Topliss-reactive ketones (excluding diaryl/α,β-unsaturated/α-hetero) is 1. The fourth-order valence-electron chi connectivity index (χ4n) is 1.34. The second-order valence-electron chi connectivity index (χ2n) is 3.28. The summed E-state index contributed by atoms with van der Waals surface area (Å²) in [5.74, 6) is -0.0921. The molecule has 82 valence electrons. The van der Waals surface area contributed by atoms with Gasteiger partial charge in [-0.1, -0.05) is 23.2 Å². The molecule has 0 aliphatic heterocycles. The van der Waals surface area contributed by atoms with Crippen LogP contribution in [0.15, 0.2) is 36.9 Å². The Morgan fingerprint density at radius 2 is 2.19 bits per heavy atom. The largest absolute Gasteiger partial charge is 0.330 e. The zero-order chi connectivity index (χ0) is 11.5. The molecule has 0 aliphatic carbocycles. The van der Waals surface area contributed by atoms with E-state index in [0.29, 0.717) is 15.6 Å². The molecule has 1 heterocycles. The van der Waals surface area contributed by atoms with E-state index >= 15 is 0 Å². The monoisotopic (exact) mass is 254 g/mol. The van der Waals surface area contributed by atoms with Crippen molar-refractivity contribution in [2.75, 3.05) is 0 Å². The Balaban J connectivity index is 2.24. The van der Waals surface area contributed by atoms with Gasteiger partial charge in [0.1, 0.15) is 0 Å². The van der Waals surface area contributed by atoms with Crippen LogP contribution in [0.3, 0.4) is 0 Å². The van der Waals surface area contributed by atoms with Crippen molar-refractivity contribution < 1.29 is 4.79 Å². The lowest BCUT2D eigenvalue weighted by Crippen LogP contribution is -2.09. The standard InChI is InChI=1S/C11H8Cl2N2O/c12-8-1-2-10(13)9(5-8)11(16)6-15-4-3-14-7-15/h1-5,7H,6H2. The number of aromatic nitrogens is 2. The highest BCUT2D eigenvalue weighted by Gasteiger charge is 2.11. The van der Waals surface area contributed by atoms with E-state index in [4.69, 9.17) is 23.2 Å². The first-order chi connectivity index (χ1) is 7.66. The van der Waals surface area contributed by atoms with E-state index in [2.05, 4.69) is 4.98 Å². The lowest BCUT2D eigenvalue weighted by molar-refractivity contribution is 0.0972. The Hall–Kier alpha value is -1.32. The van der Waals surface area contributed by atoms with Gasteiger partial charge in [-0.05, 0) is 18.2 Å². The molecule has 5 heteroatoms. The van der Waals surface area contributed by atoms with Crippen LogP contribution in [0.25, 0.3) is 0 Å². The molecule has 3 nitrogen and oxygen atoms in total. The van der Waals surface area contributed by atoms with Crippen molar-refractivity contribution in [2.24, 2.45) is 0 Å². The average molecular weight is 255 g/mol. The number of rotatable bonds is 3. The van der Waals surface area contributed by atoms with Crippen molar-refractivity contribution >= 4 is 29.0 Å². The number of hydrogen-bond donors (Lipinski definition) is 0. The van der Waals surface area contributed by atoms with Crippen LogP contribution in [0, 0.1) is 0 Å². The molecule has 2 aromatic rings. The minimum atomic E-state index is -0.0921. The van der Waals surface area contributed by atoms with Gasteiger partial charge in [-0.2, -0.15) is 0 Å². The Kier molecular flexibility index (Phi) is 3.27. The summed E-state index contributed by atoms with van der Waals surface area (Å²) in [5, 5.41) is 0.910. The molecular formula is C11H8Cl2N2O. The lowest BCUT2D eigenvalue weighted by Gasteiger charge is -2.04. The molecule has 0 fully saturated rings. The minimum Gasteiger partial charge on any atom is -0.330 e. The normalized spacial score (nSPS) is 10.4. The summed E-state index contributed by atoms with van der Waals surface area (Å²) in [6.07, 6.45) is 4.92. The van der Waals surface area contributed by atoms with Crippen molar-refractivity contribution in [3.8, 4) is 0 Å². The number of nitrogens with zero attached hydrogens (tertiary/aromatic N) is 2. The van der Waals surface area contributed by atoms with Crippen molar-refractivity contribution in [1.29, 1.82) is 0 Å². The number of benzene rings is 1. The molecule has 0 saturated carbocycles. The molecule has 0 spiro atoms. The number of ketones is 1. The molecule has 0 radical (unpaired) electrons. The Labute approximate surface area is 103 Å². The van der Waals surface area contributed by atoms with Crippen molar-refractivity contribution in [1.82, 2.24) is 9.55 Å². The fraction of sp³-hybridized carbons (Fsp3) is 0.0909. The minimum absolute atomic E-state index is 0.0921. The maximum atomic E-state index is 11.9. The predicted molar refractivity (Wildman–Crippen MR) is 63.0 cm³/mol. The number of carbonyl (C=O) groups excluding carboxylic acids is 1. The highest BCUT2D eigenvalue weighted by Crippen LogP contribution is 2.21. The van der Waals surface area contributed by atoms with E-state index in [1.807, 2.05) is 0 Å². The Morgan fingerprint density at radius 1 is 1.38 bits per heavy atom. The number of halogens is 2. The van der Waals surface area contributed by atoms with Gasteiger partial charge in [-0.15, -0.1) is 0 Å². The van der Waals surface area contributed by atoms with Crippen LogP contribution in [0.1, 0.15) is 10.4 Å². The summed E-state index contributed by atoms with van der Waals surface area (Å²) < 4.78 is 1.68. The number of hydrogen-bond acceptors (Lipinski definition) is 2. The topological polar surface area (TPSA) is 34.9 Å². The van der Waals surface area contributed by atoms with E-state index in [9.17, 15) is 4.79 Å². The van der Waals surface area contributed by atoms with Crippen molar-refractivity contribution in [3.05, 3.63) is 52.5 Å². The summed E-state index contributed by atoms with van der Waals surface area (Å²) in [7, 11) is 0. The molecule has 0 bridgehead atoms. The highest BCUT2D eigenvalue weighted by molar-refractivity contribution is 6.35. The molecule has 0 N–H and O–H groups in total.